The first-order valence-corrected chi connectivity index (χ1v) is 6.97. The summed E-state index contributed by atoms with van der Waals surface area (Å²) in [4.78, 5) is 4.52. The summed E-state index contributed by atoms with van der Waals surface area (Å²) in [5.41, 5.74) is 2.88. The van der Waals surface area contributed by atoms with Crippen LogP contribution >= 0.6 is 11.6 Å². The van der Waals surface area contributed by atoms with Crippen molar-refractivity contribution < 1.29 is 4.74 Å². The fraction of sp³-hybridized carbons (Fsp3) is 0.400. The molecule has 1 N–H and O–H groups in total. The van der Waals surface area contributed by atoms with Gasteiger partial charge in [0.05, 0.1) is 18.5 Å². The van der Waals surface area contributed by atoms with Crippen LogP contribution in [-0.2, 0) is 0 Å². The second-order valence-electron chi connectivity index (χ2n) is 5.15. The van der Waals surface area contributed by atoms with E-state index in [1.807, 2.05) is 36.7 Å². The summed E-state index contributed by atoms with van der Waals surface area (Å²) in [6, 6.07) is 4.14. The van der Waals surface area contributed by atoms with Crippen molar-refractivity contribution in [3.63, 3.8) is 0 Å². The molecule has 20 heavy (non-hydrogen) atoms. The van der Waals surface area contributed by atoms with E-state index in [1.165, 1.54) is 0 Å². The molecule has 0 spiro atoms. The number of nitrogens with zero attached hydrogens (tertiary/aromatic N) is 2. The van der Waals surface area contributed by atoms with E-state index < -0.39 is 0 Å². The molecular formula is C15H20ClN3O. The Morgan fingerprint density at radius 3 is 2.60 bits per heavy atom. The molecule has 0 aliphatic heterocycles. The Morgan fingerprint density at radius 2 is 2.00 bits per heavy atom. The Hall–Kier alpha value is -1.68. The van der Waals surface area contributed by atoms with Crippen LogP contribution in [0.15, 0.2) is 18.3 Å². The van der Waals surface area contributed by atoms with Crippen LogP contribution in [0.2, 0.25) is 5.02 Å². The summed E-state index contributed by atoms with van der Waals surface area (Å²) >= 11 is 6.16. The highest BCUT2D eigenvalue weighted by atomic mass is 35.5. The molecule has 0 atom stereocenters. The third kappa shape index (κ3) is 2.90. The molecule has 108 valence electrons. The summed E-state index contributed by atoms with van der Waals surface area (Å²) in [6.07, 6.45) is 1.98. The normalized spacial score (nSPS) is 10.9. The molecule has 2 rings (SSSR count). The van der Waals surface area contributed by atoms with Gasteiger partial charge in [0.25, 0.3) is 0 Å². The molecule has 1 aromatic carbocycles. The molecule has 0 bridgehead atoms. The number of hydrogen-bond acceptors (Lipinski definition) is 3. The molecule has 1 heterocycles. The van der Waals surface area contributed by atoms with Crippen LogP contribution in [0.5, 0.6) is 5.75 Å². The monoisotopic (exact) mass is 293 g/mol. The summed E-state index contributed by atoms with van der Waals surface area (Å²) in [6.45, 7) is 8.11. The maximum atomic E-state index is 6.16. The fourth-order valence-corrected chi connectivity index (χ4v) is 2.19. The Kier molecular flexibility index (Phi) is 4.23. The van der Waals surface area contributed by atoms with E-state index in [2.05, 4.69) is 24.1 Å². The average Bonchev–Trinajstić information content (AvgIpc) is 2.72. The Labute approximate surface area is 124 Å². The minimum absolute atomic E-state index is 0.301. The second kappa shape index (κ2) is 5.75. The number of ether oxygens (including phenoxy) is 1. The molecule has 0 fully saturated rings. The lowest BCUT2D eigenvalue weighted by Gasteiger charge is -2.16. The van der Waals surface area contributed by atoms with Crippen LogP contribution in [0.1, 0.15) is 25.1 Å². The molecule has 0 amide bonds. The lowest BCUT2D eigenvalue weighted by atomic mass is 10.2. The zero-order valence-corrected chi connectivity index (χ0v) is 13.2. The van der Waals surface area contributed by atoms with E-state index in [4.69, 9.17) is 16.3 Å². The maximum absolute atomic E-state index is 6.16. The first-order chi connectivity index (χ1) is 9.42. The van der Waals surface area contributed by atoms with Gasteiger partial charge in [-0.3, -0.25) is 4.57 Å². The highest BCUT2D eigenvalue weighted by Gasteiger charge is 2.14. The fourth-order valence-electron chi connectivity index (χ4n) is 2.04. The molecule has 0 saturated heterocycles. The third-order valence-electron chi connectivity index (χ3n) is 2.96. The number of aromatic nitrogens is 2. The molecule has 0 aliphatic carbocycles. The number of hydrogen-bond donors (Lipinski definition) is 1. The van der Waals surface area contributed by atoms with Gasteiger partial charge in [-0.2, -0.15) is 0 Å². The predicted molar refractivity (Wildman–Crippen MR) is 83.4 cm³/mol. The van der Waals surface area contributed by atoms with E-state index in [1.54, 1.807) is 7.11 Å². The van der Waals surface area contributed by atoms with Gasteiger partial charge in [-0.1, -0.05) is 11.6 Å². The minimum atomic E-state index is 0.301. The second-order valence-corrected chi connectivity index (χ2v) is 5.56. The SMILES string of the molecule is COc1cc(Cl)c(C)cc1-n1cc(C)nc1NC(C)C. The van der Waals surface area contributed by atoms with Gasteiger partial charge in [0.1, 0.15) is 5.75 Å². The molecule has 0 unspecified atom stereocenters. The van der Waals surface area contributed by atoms with Crippen molar-refractivity contribution in [2.45, 2.75) is 33.7 Å². The first-order valence-electron chi connectivity index (χ1n) is 6.59. The number of halogens is 1. The Balaban J connectivity index is 2.58. The van der Waals surface area contributed by atoms with E-state index in [0.717, 1.165) is 28.6 Å². The van der Waals surface area contributed by atoms with Crippen molar-refractivity contribution in [2.75, 3.05) is 12.4 Å². The lowest BCUT2D eigenvalue weighted by Crippen LogP contribution is -2.14. The van der Waals surface area contributed by atoms with E-state index in [-0.39, 0.29) is 0 Å². The van der Waals surface area contributed by atoms with Crippen molar-refractivity contribution in [3.05, 3.63) is 34.6 Å². The van der Waals surface area contributed by atoms with Crippen LogP contribution in [0.3, 0.4) is 0 Å². The number of aryl methyl sites for hydroxylation is 2. The number of rotatable bonds is 4. The third-order valence-corrected chi connectivity index (χ3v) is 3.37. The van der Waals surface area contributed by atoms with Crippen molar-refractivity contribution in [3.8, 4) is 11.4 Å². The van der Waals surface area contributed by atoms with E-state index in [0.29, 0.717) is 11.1 Å². The van der Waals surface area contributed by atoms with Gasteiger partial charge < -0.3 is 10.1 Å². The Morgan fingerprint density at radius 1 is 1.30 bits per heavy atom. The Bertz CT molecular complexity index is 620. The van der Waals surface area contributed by atoms with Gasteiger partial charge in [-0.25, -0.2) is 4.98 Å². The maximum Gasteiger partial charge on any atom is 0.208 e. The van der Waals surface area contributed by atoms with Gasteiger partial charge in [-0.15, -0.1) is 0 Å². The largest absolute Gasteiger partial charge is 0.495 e. The number of anilines is 1. The first kappa shape index (κ1) is 14.7. The van der Waals surface area contributed by atoms with Crippen LogP contribution in [-0.4, -0.2) is 22.7 Å². The van der Waals surface area contributed by atoms with Gasteiger partial charge in [0.2, 0.25) is 5.95 Å². The molecule has 1 aromatic heterocycles. The van der Waals surface area contributed by atoms with Crippen LogP contribution in [0, 0.1) is 13.8 Å². The van der Waals surface area contributed by atoms with Crippen molar-refractivity contribution in [2.24, 2.45) is 0 Å². The molecule has 4 nitrogen and oxygen atoms in total. The smallest absolute Gasteiger partial charge is 0.208 e. The number of imidazole rings is 1. The number of methoxy groups -OCH3 is 1. The average molecular weight is 294 g/mol. The quantitative estimate of drug-likeness (QED) is 0.927. The highest BCUT2D eigenvalue weighted by Crippen LogP contribution is 2.31. The van der Waals surface area contributed by atoms with Gasteiger partial charge in [0, 0.05) is 23.3 Å². The number of nitrogens with one attached hydrogen (secondary N) is 1. The minimum Gasteiger partial charge on any atom is -0.495 e. The molecule has 0 saturated carbocycles. The van der Waals surface area contributed by atoms with Gasteiger partial charge in [0.15, 0.2) is 0 Å². The van der Waals surface area contributed by atoms with Crippen LogP contribution < -0.4 is 10.1 Å². The molecule has 0 radical (unpaired) electrons. The predicted octanol–water partition coefficient (Wildman–Crippen LogP) is 3.97. The summed E-state index contributed by atoms with van der Waals surface area (Å²) in [7, 11) is 1.64. The summed E-state index contributed by atoms with van der Waals surface area (Å²) in [5, 5.41) is 4.04. The summed E-state index contributed by atoms with van der Waals surface area (Å²) in [5.74, 6) is 1.53. The van der Waals surface area contributed by atoms with Crippen LogP contribution in [0.25, 0.3) is 5.69 Å². The van der Waals surface area contributed by atoms with Crippen molar-refractivity contribution in [1.82, 2.24) is 9.55 Å². The highest BCUT2D eigenvalue weighted by molar-refractivity contribution is 6.31. The van der Waals surface area contributed by atoms with Crippen LogP contribution in [0.4, 0.5) is 5.95 Å². The van der Waals surface area contributed by atoms with Gasteiger partial charge >= 0.3 is 0 Å². The molecule has 5 heteroatoms. The lowest BCUT2D eigenvalue weighted by molar-refractivity contribution is 0.413. The van der Waals surface area contributed by atoms with E-state index in [9.17, 15) is 0 Å². The molecule has 2 aromatic rings. The summed E-state index contributed by atoms with van der Waals surface area (Å²) < 4.78 is 7.44. The molecular weight excluding hydrogens is 274 g/mol. The zero-order chi connectivity index (χ0) is 14.9. The number of benzene rings is 1. The van der Waals surface area contributed by atoms with Gasteiger partial charge in [-0.05, 0) is 39.3 Å². The van der Waals surface area contributed by atoms with E-state index >= 15 is 0 Å². The van der Waals surface area contributed by atoms with Crippen molar-refractivity contribution in [1.29, 1.82) is 0 Å². The standard InChI is InChI=1S/C15H20ClN3O/c1-9(2)17-15-18-11(4)8-19(15)13-6-10(3)12(16)7-14(13)20-5/h6-9H,1-5H3,(H,17,18). The topological polar surface area (TPSA) is 39.1 Å². The van der Waals surface area contributed by atoms with Crippen molar-refractivity contribution >= 4 is 17.5 Å². The zero-order valence-electron chi connectivity index (χ0n) is 12.5. The molecule has 0 aliphatic rings.